The molecule has 0 amide bonds. The van der Waals surface area contributed by atoms with Crippen LogP contribution in [-0.2, 0) is 39.9 Å². The first kappa shape index (κ1) is 30.4. The Kier molecular flexibility index (Phi) is 23.6. The van der Waals surface area contributed by atoms with E-state index in [4.69, 9.17) is 24.9 Å². The third-order valence-electron chi connectivity index (χ3n) is 2.83. The first-order chi connectivity index (χ1) is 9.38. The first-order valence-corrected chi connectivity index (χ1v) is 7.12. The summed E-state index contributed by atoms with van der Waals surface area (Å²) in [5.74, 6) is -3.71. The molecule has 11 nitrogen and oxygen atoms in total. The summed E-state index contributed by atoms with van der Waals surface area (Å²) in [6, 6.07) is 0. The van der Waals surface area contributed by atoms with Crippen LogP contribution in [0.4, 0.5) is 0 Å². The minimum absolute atomic E-state index is 0. The van der Waals surface area contributed by atoms with Crippen molar-refractivity contribution in [2.45, 2.75) is 25.7 Å². The van der Waals surface area contributed by atoms with Gasteiger partial charge in [0.1, 0.15) is 0 Å². The molecule has 7 N–H and O–H groups in total. The van der Waals surface area contributed by atoms with Gasteiger partial charge in [0.15, 0.2) is 5.92 Å². The topological polar surface area (TPSA) is 214 Å². The first-order valence-electron chi connectivity index (χ1n) is 6.02. The van der Waals surface area contributed by atoms with Crippen molar-refractivity contribution in [3.05, 3.63) is 12.3 Å². The van der Waals surface area contributed by atoms with Crippen LogP contribution in [0.15, 0.2) is 0 Å². The minimum Gasteiger partial charge on any atom is -0.693 e. The second-order valence-corrected chi connectivity index (χ2v) is 4.84. The molecule has 142 valence electrons. The summed E-state index contributed by atoms with van der Waals surface area (Å²) in [6.07, 6.45) is 3.26. The maximum Gasteiger partial charge on any atom is 2.00 e. The zero-order chi connectivity index (χ0) is 15.5. The predicted octanol–water partition coefficient (Wildman–Crippen LogP) is 1.82. The summed E-state index contributed by atoms with van der Waals surface area (Å²) in [5.41, 5.74) is 0. The Labute approximate surface area is 150 Å². The van der Waals surface area contributed by atoms with Crippen molar-refractivity contribution in [2.75, 3.05) is 19.6 Å². The predicted molar refractivity (Wildman–Crippen MR) is 77.7 cm³/mol. The molecule has 1 rings (SSSR count). The smallest absolute Gasteiger partial charge is 0.693 e. The number of aliphatic carboxylic acids is 2. The molecule has 1 atom stereocenters. The van der Waals surface area contributed by atoms with E-state index in [1.165, 1.54) is 12.8 Å². The fourth-order valence-corrected chi connectivity index (χ4v) is 1.88. The molecule has 1 aliphatic heterocycles. The van der Waals surface area contributed by atoms with E-state index in [9.17, 15) is 9.59 Å². The average Bonchev–Trinajstić information content (AvgIpc) is 2.87. The third kappa shape index (κ3) is 16.1. The van der Waals surface area contributed by atoms with Gasteiger partial charge in [0, 0.05) is 6.10 Å². The number of likely N-dealkylation sites (tertiary alicyclic amines) is 1. The number of hydrogen-bond acceptors (Lipinski definition) is 7. The number of carboxylic acid groups (broad SMARTS) is 2. The van der Waals surface area contributed by atoms with Gasteiger partial charge in [0.05, 0.1) is 0 Å². The molecule has 13 heteroatoms. The number of nitrogens with zero attached hydrogens (tertiary/aromatic N) is 1. The number of carbonyl (C=O) groups is 2. The summed E-state index contributed by atoms with van der Waals surface area (Å²) in [4.78, 5) is 32.3. The maximum atomic E-state index is 10.6. The van der Waals surface area contributed by atoms with E-state index in [2.05, 4.69) is 9.57 Å². The number of carboxylic acids is 2. The van der Waals surface area contributed by atoms with Gasteiger partial charge in [-0.25, -0.2) is 5.26 Å². The molecule has 0 aromatic carbocycles. The summed E-state index contributed by atoms with van der Waals surface area (Å²) in [7, 11) is -3.04. The van der Waals surface area contributed by atoms with E-state index < -0.39 is 26.1 Å². The SMILES string of the molecule is O=C(O)C(CCCN1CCCC1)C(=O)O.O=[P+]([O-])OO.[HH].[NH2-].[NH2-].[Pt+2]. The normalized spacial score (nSPS) is 13.6. The Hall–Kier alpha value is -0.512. The summed E-state index contributed by atoms with van der Waals surface area (Å²) < 4.78 is 11.6. The van der Waals surface area contributed by atoms with Crippen LogP contribution in [0.5, 0.6) is 0 Å². The second kappa shape index (κ2) is 17.8. The zero-order valence-corrected chi connectivity index (χ0v) is 15.4. The number of nitrogens with two attached hydrogens (primary N) is 2. The Morgan fingerprint density at radius 1 is 1.22 bits per heavy atom. The van der Waals surface area contributed by atoms with E-state index in [-0.39, 0.29) is 41.2 Å². The molecule has 0 bridgehead atoms. The van der Waals surface area contributed by atoms with Gasteiger partial charge in [-0.3, -0.25) is 9.59 Å². The molecule has 0 spiro atoms. The zero-order valence-electron chi connectivity index (χ0n) is 12.3. The minimum atomic E-state index is -3.04. The van der Waals surface area contributed by atoms with Gasteiger partial charge in [0.2, 0.25) is 0 Å². The van der Waals surface area contributed by atoms with E-state index in [1.807, 2.05) is 0 Å². The van der Waals surface area contributed by atoms with E-state index in [0.717, 1.165) is 19.6 Å². The Morgan fingerprint density at radius 2 is 1.61 bits per heavy atom. The number of hydrogen-bond donors (Lipinski definition) is 3. The standard InChI is InChI=1S/C10H17NO4.2H2N.HO4P.Pt.H2/c12-9(13)8(10(14)15)4-3-7-11-5-1-2-6-11;;;1-4-5(2)3;;/h8H,1-7H2,(H,12,13)(H,14,15);2*1H2;1H;;1H/q;2*-1;;+2;. The average molecular weight is 540 g/mol. The van der Waals surface area contributed by atoms with Crippen LogP contribution >= 0.6 is 8.25 Å². The molecule has 1 saturated heterocycles. The Morgan fingerprint density at radius 3 is 1.91 bits per heavy atom. The monoisotopic (exact) mass is 540 g/mol. The van der Waals surface area contributed by atoms with Crippen LogP contribution in [0.3, 0.4) is 0 Å². The van der Waals surface area contributed by atoms with Gasteiger partial charge in [-0.1, -0.05) is 0 Å². The van der Waals surface area contributed by atoms with Gasteiger partial charge in [-0.15, -0.1) is 0 Å². The quantitative estimate of drug-likeness (QED) is 0.185. The van der Waals surface area contributed by atoms with E-state index in [0.29, 0.717) is 6.42 Å². The van der Waals surface area contributed by atoms with Crippen molar-refractivity contribution in [1.82, 2.24) is 4.90 Å². The molecule has 1 aliphatic rings. The van der Waals surface area contributed by atoms with Crippen molar-refractivity contribution in [3.8, 4) is 0 Å². The van der Waals surface area contributed by atoms with Crippen molar-refractivity contribution in [3.63, 3.8) is 0 Å². The van der Waals surface area contributed by atoms with Gasteiger partial charge in [-0.2, -0.15) is 0 Å². The van der Waals surface area contributed by atoms with Crippen LogP contribution in [0, 0.1) is 5.92 Å². The second-order valence-electron chi connectivity index (χ2n) is 4.23. The molecule has 1 heterocycles. The molecule has 1 fully saturated rings. The molecule has 0 aromatic rings. The Balaban J connectivity index is -0.000000119. The van der Waals surface area contributed by atoms with Crippen LogP contribution < -0.4 is 4.89 Å². The van der Waals surface area contributed by atoms with Crippen LogP contribution in [0.1, 0.15) is 27.1 Å². The van der Waals surface area contributed by atoms with E-state index in [1.54, 1.807) is 0 Å². The fraction of sp³-hybridized carbons (Fsp3) is 0.800. The van der Waals surface area contributed by atoms with Gasteiger partial charge in [-0.05, 0) is 49.9 Å². The van der Waals surface area contributed by atoms with Crippen molar-refractivity contribution >= 4 is 20.2 Å². The van der Waals surface area contributed by atoms with Crippen molar-refractivity contribution < 1.29 is 61.7 Å². The number of rotatable bonds is 7. The van der Waals surface area contributed by atoms with Crippen LogP contribution in [-0.4, -0.2) is 51.9 Å². The molecular weight excluding hydrogens is 516 g/mol. The third-order valence-corrected chi connectivity index (χ3v) is 2.96. The summed E-state index contributed by atoms with van der Waals surface area (Å²) >= 11 is 0. The molecule has 0 radical (unpaired) electrons. The molecule has 0 aliphatic carbocycles. The van der Waals surface area contributed by atoms with Crippen LogP contribution in [0.25, 0.3) is 12.3 Å². The van der Waals surface area contributed by atoms with Crippen molar-refractivity contribution in [2.24, 2.45) is 5.92 Å². The fourth-order valence-electron chi connectivity index (χ4n) is 1.88. The van der Waals surface area contributed by atoms with Gasteiger partial charge < -0.3 is 32.3 Å². The van der Waals surface area contributed by atoms with Gasteiger partial charge in [0.25, 0.3) is 0 Å². The molecule has 0 saturated carbocycles. The summed E-state index contributed by atoms with van der Waals surface area (Å²) in [6.45, 7) is 2.94. The van der Waals surface area contributed by atoms with Crippen molar-refractivity contribution in [1.29, 1.82) is 0 Å². The Bertz CT molecular complexity index is 336. The molecule has 1 unspecified atom stereocenters. The molecule has 23 heavy (non-hydrogen) atoms. The summed E-state index contributed by atoms with van der Waals surface area (Å²) in [5, 5.41) is 24.3. The largest absolute Gasteiger partial charge is 2.00 e. The molecule has 0 aromatic heterocycles. The molecular formula is C10H24N3O8PPt. The van der Waals surface area contributed by atoms with E-state index >= 15 is 0 Å². The van der Waals surface area contributed by atoms with Crippen LogP contribution in [0.2, 0.25) is 0 Å². The maximum absolute atomic E-state index is 10.6. The van der Waals surface area contributed by atoms with Gasteiger partial charge >= 0.3 is 41.3 Å².